The zero-order valence-corrected chi connectivity index (χ0v) is 5.10. The number of para-hydroxylation sites is 1. The van der Waals surface area contributed by atoms with E-state index in [1.807, 2.05) is 12.1 Å². The van der Waals surface area contributed by atoms with Gasteiger partial charge in [-0.2, -0.15) is 0 Å². The molecule has 5 heteroatoms. The van der Waals surface area contributed by atoms with Crippen LogP contribution in [0.3, 0.4) is 0 Å². The third-order valence-corrected chi connectivity index (χ3v) is 1.33. The second-order valence-electron chi connectivity index (χ2n) is 1.97. The molecule has 0 spiro atoms. The van der Waals surface area contributed by atoms with Gasteiger partial charge in [0.15, 0.2) is 0 Å². The first-order valence-corrected chi connectivity index (χ1v) is 2.87. The van der Waals surface area contributed by atoms with E-state index in [9.17, 15) is 0 Å². The van der Waals surface area contributed by atoms with Crippen LogP contribution < -0.4 is 0 Å². The van der Waals surface area contributed by atoms with Crippen LogP contribution in [-0.4, -0.2) is 49.9 Å². The number of nitrogens with zero attached hydrogens (tertiary/aromatic N) is 3. The number of rotatable bonds is 0. The number of fused-ring (bicyclic) bond motifs is 1. The molecule has 2 aromatic rings. The van der Waals surface area contributed by atoms with Crippen molar-refractivity contribution in [2.24, 2.45) is 0 Å². The molecule has 0 unspecified atom stereocenters. The molecule has 0 amide bonds. The van der Waals surface area contributed by atoms with E-state index in [1.165, 1.54) is 0 Å². The summed E-state index contributed by atoms with van der Waals surface area (Å²) in [6, 6.07) is 7.19. The summed E-state index contributed by atoms with van der Waals surface area (Å²) in [5.74, 6) is 0. The normalized spacial score (nSPS) is 9.45. The first-order valence-electron chi connectivity index (χ1n) is 2.87. The Morgan fingerprint density at radius 2 is 2.00 bits per heavy atom. The van der Waals surface area contributed by atoms with Gasteiger partial charge in [0.05, 0.1) is 0 Å². The van der Waals surface area contributed by atoms with E-state index in [0.29, 0.717) is 11.0 Å². The van der Waals surface area contributed by atoms with Crippen molar-refractivity contribution in [3.8, 4) is 0 Å². The Kier molecular flexibility index (Phi) is 2.49. The summed E-state index contributed by atoms with van der Waals surface area (Å²) >= 11 is 0. The first kappa shape index (κ1) is 8.52. The second-order valence-corrected chi connectivity index (χ2v) is 1.97. The van der Waals surface area contributed by atoms with Gasteiger partial charge in [0.1, 0.15) is 11.0 Å². The Morgan fingerprint density at radius 3 is 2.73 bits per heavy atom. The number of hydrogen-bond acceptors (Lipinski definition) is 3. The van der Waals surface area contributed by atoms with Crippen LogP contribution in [-0.2, 0) is 0 Å². The van der Waals surface area contributed by atoms with E-state index in [0.717, 1.165) is 4.85 Å². The third-order valence-electron chi connectivity index (χ3n) is 1.33. The summed E-state index contributed by atoms with van der Waals surface area (Å²) in [5.41, 5.74) is 1.33. The molecular formula is C6H6N3NaO. The molecule has 11 heavy (non-hydrogen) atoms. The average Bonchev–Trinajstić information content (AvgIpc) is 2.34. The van der Waals surface area contributed by atoms with Gasteiger partial charge in [-0.05, 0) is 17.3 Å². The molecule has 4 nitrogen and oxygen atoms in total. The Hall–Kier alpha value is -0.580. The monoisotopic (exact) mass is 159 g/mol. The zero-order valence-electron chi connectivity index (χ0n) is 5.10. The van der Waals surface area contributed by atoms with Crippen molar-refractivity contribution in [1.29, 1.82) is 0 Å². The summed E-state index contributed by atoms with van der Waals surface area (Å²) in [5, 5.41) is 16.1. The van der Waals surface area contributed by atoms with E-state index in [-0.39, 0.29) is 29.6 Å². The van der Waals surface area contributed by atoms with Gasteiger partial charge in [-0.15, -0.1) is 5.10 Å². The van der Waals surface area contributed by atoms with Gasteiger partial charge >= 0.3 is 29.6 Å². The molecule has 1 N–H and O–H groups in total. The van der Waals surface area contributed by atoms with E-state index < -0.39 is 0 Å². The molecule has 0 saturated carbocycles. The summed E-state index contributed by atoms with van der Waals surface area (Å²) in [6.45, 7) is 0. The molecule has 0 aliphatic heterocycles. The van der Waals surface area contributed by atoms with Gasteiger partial charge < -0.3 is 5.21 Å². The fourth-order valence-electron chi connectivity index (χ4n) is 0.857. The Balaban J connectivity index is 0.000000605. The maximum atomic E-state index is 8.95. The Bertz CT molecular complexity index is 359. The summed E-state index contributed by atoms with van der Waals surface area (Å²) in [4.78, 5) is 0.759. The van der Waals surface area contributed by atoms with Crippen LogP contribution in [0.25, 0.3) is 11.0 Å². The van der Waals surface area contributed by atoms with Crippen molar-refractivity contribution >= 4 is 40.6 Å². The molecular weight excluding hydrogens is 153 g/mol. The molecule has 0 fully saturated rings. The molecule has 52 valence electrons. The topological polar surface area (TPSA) is 50.9 Å². The van der Waals surface area contributed by atoms with Crippen molar-refractivity contribution in [2.75, 3.05) is 0 Å². The summed E-state index contributed by atoms with van der Waals surface area (Å²) in [7, 11) is 0. The molecule has 0 saturated heterocycles. The molecule has 2 rings (SSSR count). The standard InChI is InChI=1S/C6H5N3O.Na.H/c10-9-6-4-2-1-3-5(6)7-8-9;;/h1-4,10H;;. The molecule has 1 aromatic heterocycles. The van der Waals surface area contributed by atoms with Crippen LogP contribution in [0, 0.1) is 0 Å². The van der Waals surface area contributed by atoms with Gasteiger partial charge in [0.25, 0.3) is 0 Å². The van der Waals surface area contributed by atoms with Crippen LogP contribution in [0.5, 0.6) is 0 Å². The SMILES string of the molecule is On1nnc2ccccc21.[NaH]. The van der Waals surface area contributed by atoms with Crippen molar-refractivity contribution in [3.05, 3.63) is 24.3 Å². The summed E-state index contributed by atoms with van der Waals surface area (Å²) < 4.78 is 0. The Labute approximate surface area is 85.1 Å². The first-order chi connectivity index (χ1) is 4.88. The van der Waals surface area contributed by atoms with Gasteiger partial charge in [-0.25, -0.2) is 0 Å². The van der Waals surface area contributed by atoms with E-state index in [4.69, 9.17) is 5.21 Å². The van der Waals surface area contributed by atoms with Crippen LogP contribution in [0.15, 0.2) is 24.3 Å². The van der Waals surface area contributed by atoms with Crippen molar-refractivity contribution in [3.63, 3.8) is 0 Å². The second kappa shape index (κ2) is 3.21. The van der Waals surface area contributed by atoms with Crippen molar-refractivity contribution in [2.45, 2.75) is 0 Å². The van der Waals surface area contributed by atoms with Crippen molar-refractivity contribution < 1.29 is 5.21 Å². The van der Waals surface area contributed by atoms with E-state index in [2.05, 4.69) is 10.3 Å². The number of hydrogen-bond donors (Lipinski definition) is 1. The van der Waals surface area contributed by atoms with Gasteiger partial charge in [0.2, 0.25) is 0 Å². The zero-order chi connectivity index (χ0) is 6.97. The van der Waals surface area contributed by atoms with Crippen LogP contribution in [0.2, 0.25) is 0 Å². The van der Waals surface area contributed by atoms with Gasteiger partial charge in [0, 0.05) is 0 Å². The summed E-state index contributed by atoms with van der Waals surface area (Å²) in [6.07, 6.45) is 0. The number of benzene rings is 1. The van der Waals surface area contributed by atoms with Crippen LogP contribution >= 0.6 is 0 Å². The predicted octanol–water partition coefficient (Wildman–Crippen LogP) is 0.0201. The minimum atomic E-state index is 0. The van der Waals surface area contributed by atoms with Gasteiger partial charge in [-0.3, -0.25) is 0 Å². The number of aromatic nitrogens is 3. The third kappa shape index (κ3) is 1.38. The fourth-order valence-corrected chi connectivity index (χ4v) is 0.857. The molecule has 0 aliphatic rings. The molecule has 1 heterocycles. The molecule has 0 atom stereocenters. The predicted molar refractivity (Wildman–Crippen MR) is 41.9 cm³/mol. The van der Waals surface area contributed by atoms with Crippen LogP contribution in [0.4, 0.5) is 0 Å². The average molecular weight is 159 g/mol. The van der Waals surface area contributed by atoms with Crippen molar-refractivity contribution in [1.82, 2.24) is 15.2 Å². The Morgan fingerprint density at radius 1 is 1.27 bits per heavy atom. The molecule has 0 aliphatic carbocycles. The molecule has 0 bridgehead atoms. The van der Waals surface area contributed by atoms with Gasteiger partial charge in [-0.1, -0.05) is 17.0 Å². The fraction of sp³-hybridized carbons (Fsp3) is 0. The maximum absolute atomic E-state index is 8.95. The minimum absolute atomic E-state index is 0. The molecule has 1 aromatic carbocycles. The quantitative estimate of drug-likeness (QED) is 0.435. The van der Waals surface area contributed by atoms with E-state index in [1.54, 1.807) is 12.1 Å². The molecule has 0 radical (unpaired) electrons. The van der Waals surface area contributed by atoms with E-state index >= 15 is 0 Å². The van der Waals surface area contributed by atoms with Crippen LogP contribution in [0.1, 0.15) is 0 Å².